The minimum Gasteiger partial charge on any atom is -0.300 e. The topological polar surface area (TPSA) is 47.8 Å². The Balaban J connectivity index is 2.81. The predicted octanol–water partition coefficient (Wildman–Crippen LogP) is 1.85. The Morgan fingerprint density at radius 2 is 2.20 bits per heavy atom. The summed E-state index contributed by atoms with van der Waals surface area (Å²) in [6, 6.07) is 0. The lowest BCUT2D eigenvalue weighted by Crippen LogP contribution is -2.03. The van der Waals surface area contributed by atoms with Crippen molar-refractivity contribution in [2.75, 3.05) is 0 Å². The summed E-state index contributed by atoms with van der Waals surface area (Å²) in [6.07, 6.45) is 2.58. The Morgan fingerprint density at radius 3 is 2.73 bits per heavy atom. The fourth-order valence-electron chi connectivity index (χ4n) is 1.74. The van der Waals surface area contributed by atoms with Crippen molar-refractivity contribution in [2.24, 2.45) is 7.05 Å². The number of hydrogen-bond donors (Lipinski definition) is 0. The van der Waals surface area contributed by atoms with Crippen molar-refractivity contribution in [3.05, 3.63) is 11.6 Å². The second-order valence-corrected chi connectivity index (χ2v) is 4.08. The van der Waals surface area contributed by atoms with Crippen LogP contribution < -0.4 is 0 Å². The number of ketones is 1. The van der Waals surface area contributed by atoms with Crippen LogP contribution in [0.25, 0.3) is 0 Å². The third kappa shape index (κ3) is 3.15. The van der Waals surface area contributed by atoms with E-state index in [1.165, 1.54) is 0 Å². The lowest BCUT2D eigenvalue weighted by Gasteiger charge is -2.07. The molecule has 15 heavy (non-hydrogen) atoms. The summed E-state index contributed by atoms with van der Waals surface area (Å²) in [4.78, 5) is 15.3. The smallest absolute Gasteiger partial charge is 0.158 e. The van der Waals surface area contributed by atoms with Gasteiger partial charge in [-0.3, -0.25) is 9.48 Å². The maximum Gasteiger partial charge on any atom is 0.158 e. The number of nitrogens with zero attached hydrogens (tertiary/aromatic N) is 3. The van der Waals surface area contributed by atoms with E-state index in [2.05, 4.69) is 23.9 Å². The SMILES string of the molecule is CCCC(C)c1nc(CC(C)=O)nn1C. The number of carbonyl (C=O) groups excluding carboxylic acids is 1. The first-order valence-electron chi connectivity index (χ1n) is 5.43. The zero-order valence-electron chi connectivity index (χ0n) is 9.95. The van der Waals surface area contributed by atoms with Gasteiger partial charge in [-0.15, -0.1) is 0 Å². The fourth-order valence-corrected chi connectivity index (χ4v) is 1.74. The van der Waals surface area contributed by atoms with Crippen LogP contribution in [-0.2, 0) is 18.3 Å². The average molecular weight is 209 g/mol. The first-order chi connectivity index (χ1) is 7.04. The predicted molar refractivity (Wildman–Crippen MR) is 58.7 cm³/mol. The van der Waals surface area contributed by atoms with Gasteiger partial charge in [0.15, 0.2) is 5.82 Å². The van der Waals surface area contributed by atoms with Crippen molar-refractivity contribution in [1.29, 1.82) is 0 Å². The van der Waals surface area contributed by atoms with E-state index < -0.39 is 0 Å². The number of hydrogen-bond acceptors (Lipinski definition) is 3. The van der Waals surface area contributed by atoms with Gasteiger partial charge in [0.2, 0.25) is 0 Å². The third-order valence-corrected chi connectivity index (χ3v) is 2.41. The number of aromatic nitrogens is 3. The van der Waals surface area contributed by atoms with E-state index in [1.807, 2.05) is 7.05 Å². The van der Waals surface area contributed by atoms with Gasteiger partial charge in [0.1, 0.15) is 11.6 Å². The molecular formula is C11H19N3O. The van der Waals surface area contributed by atoms with Crippen LogP contribution in [0.1, 0.15) is 51.2 Å². The molecule has 1 aromatic rings. The van der Waals surface area contributed by atoms with Crippen LogP contribution in [0.4, 0.5) is 0 Å². The van der Waals surface area contributed by atoms with Crippen molar-refractivity contribution in [1.82, 2.24) is 14.8 Å². The highest BCUT2D eigenvalue weighted by Gasteiger charge is 2.14. The van der Waals surface area contributed by atoms with Gasteiger partial charge in [0.25, 0.3) is 0 Å². The van der Waals surface area contributed by atoms with Gasteiger partial charge in [0, 0.05) is 13.0 Å². The fraction of sp³-hybridized carbons (Fsp3) is 0.727. The van der Waals surface area contributed by atoms with Crippen LogP contribution in [0.5, 0.6) is 0 Å². The summed E-state index contributed by atoms with van der Waals surface area (Å²) in [6.45, 7) is 5.86. The Hall–Kier alpha value is -1.19. The Bertz CT molecular complexity index is 344. The summed E-state index contributed by atoms with van der Waals surface area (Å²) in [5.41, 5.74) is 0. The molecule has 0 aliphatic carbocycles. The molecule has 4 nitrogen and oxygen atoms in total. The highest BCUT2D eigenvalue weighted by molar-refractivity contribution is 5.77. The summed E-state index contributed by atoms with van der Waals surface area (Å²) in [5.74, 6) is 2.14. The molecule has 1 heterocycles. The van der Waals surface area contributed by atoms with E-state index in [1.54, 1.807) is 11.6 Å². The zero-order chi connectivity index (χ0) is 11.4. The lowest BCUT2D eigenvalue weighted by molar-refractivity contribution is -0.116. The Kier molecular flexibility index (Phi) is 4.00. The second kappa shape index (κ2) is 5.05. The molecule has 0 aliphatic heterocycles. The highest BCUT2D eigenvalue weighted by Crippen LogP contribution is 2.17. The summed E-state index contributed by atoms with van der Waals surface area (Å²) >= 11 is 0. The highest BCUT2D eigenvalue weighted by atomic mass is 16.1. The van der Waals surface area contributed by atoms with Crippen molar-refractivity contribution < 1.29 is 4.79 Å². The van der Waals surface area contributed by atoms with Crippen LogP contribution in [0, 0.1) is 0 Å². The molecular weight excluding hydrogens is 190 g/mol. The van der Waals surface area contributed by atoms with Crippen molar-refractivity contribution in [2.45, 2.75) is 46.0 Å². The third-order valence-electron chi connectivity index (χ3n) is 2.41. The molecule has 1 rings (SSSR count). The number of Topliss-reactive ketones (excluding diaryl/α,β-unsaturated/α-hetero) is 1. The lowest BCUT2D eigenvalue weighted by atomic mass is 10.1. The summed E-state index contributed by atoms with van der Waals surface area (Å²) in [7, 11) is 1.89. The number of rotatable bonds is 5. The molecule has 0 spiro atoms. The first-order valence-corrected chi connectivity index (χ1v) is 5.43. The van der Waals surface area contributed by atoms with E-state index >= 15 is 0 Å². The molecule has 4 heteroatoms. The van der Waals surface area contributed by atoms with Gasteiger partial charge in [0.05, 0.1) is 6.42 Å². The molecule has 0 bridgehead atoms. The van der Waals surface area contributed by atoms with Gasteiger partial charge < -0.3 is 0 Å². The largest absolute Gasteiger partial charge is 0.300 e. The molecule has 0 amide bonds. The molecule has 0 N–H and O–H groups in total. The van der Waals surface area contributed by atoms with Crippen LogP contribution >= 0.6 is 0 Å². The van der Waals surface area contributed by atoms with Gasteiger partial charge in [-0.25, -0.2) is 4.98 Å². The molecule has 84 valence electrons. The molecule has 0 radical (unpaired) electrons. The van der Waals surface area contributed by atoms with E-state index in [4.69, 9.17) is 0 Å². The molecule has 0 fully saturated rings. The zero-order valence-corrected chi connectivity index (χ0v) is 9.95. The summed E-state index contributed by atoms with van der Waals surface area (Å²) in [5, 5.41) is 4.24. The molecule has 1 atom stereocenters. The quantitative estimate of drug-likeness (QED) is 0.743. The molecule has 0 saturated heterocycles. The van der Waals surface area contributed by atoms with Crippen LogP contribution in [0.2, 0.25) is 0 Å². The van der Waals surface area contributed by atoms with Crippen LogP contribution in [0.15, 0.2) is 0 Å². The normalized spacial score (nSPS) is 12.8. The standard InChI is InChI=1S/C11H19N3O/c1-5-6-8(2)11-12-10(7-9(3)15)13-14(11)4/h8H,5-7H2,1-4H3. The van der Waals surface area contributed by atoms with Crippen molar-refractivity contribution in [3.8, 4) is 0 Å². The van der Waals surface area contributed by atoms with Crippen LogP contribution in [-0.4, -0.2) is 20.5 Å². The molecule has 0 aliphatic rings. The van der Waals surface area contributed by atoms with Gasteiger partial charge >= 0.3 is 0 Å². The van der Waals surface area contributed by atoms with Crippen molar-refractivity contribution in [3.63, 3.8) is 0 Å². The van der Waals surface area contributed by atoms with E-state index in [-0.39, 0.29) is 5.78 Å². The van der Waals surface area contributed by atoms with Gasteiger partial charge in [-0.05, 0) is 13.3 Å². The molecule has 1 unspecified atom stereocenters. The number of carbonyl (C=O) groups is 1. The minimum absolute atomic E-state index is 0.107. The Morgan fingerprint density at radius 1 is 1.53 bits per heavy atom. The summed E-state index contributed by atoms with van der Waals surface area (Å²) < 4.78 is 1.79. The van der Waals surface area contributed by atoms with E-state index in [9.17, 15) is 4.79 Å². The van der Waals surface area contributed by atoms with Gasteiger partial charge in [-0.1, -0.05) is 20.3 Å². The van der Waals surface area contributed by atoms with Crippen LogP contribution in [0.3, 0.4) is 0 Å². The van der Waals surface area contributed by atoms with E-state index in [0.29, 0.717) is 18.2 Å². The van der Waals surface area contributed by atoms with E-state index in [0.717, 1.165) is 18.7 Å². The minimum atomic E-state index is 0.107. The Labute approximate surface area is 90.7 Å². The molecule has 0 aromatic carbocycles. The second-order valence-electron chi connectivity index (χ2n) is 4.08. The van der Waals surface area contributed by atoms with Gasteiger partial charge in [-0.2, -0.15) is 5.10 Å². The molecule has 1 aromatic heterocycles. The molecule has 0 saturated carbocycles. The first kappa shape index (κ1) is 11.9. The maximum absolute atomic E-state index is 10.9. The maximum atomic E-state index is 10.9. The van der Waals surface area contributed by atoms with Crippen molar-refractivity contribution >= 4 is 5.78 Å². The average Bonchev–Trinajstić information content (AvgIpc) is 2.46. The monoisotopic (exact) mass is 209 g/mol. The number of aryl methyl sites for hydroxylation is 1.